The molecule has 0 bridgehead atoms. The minimum atomic E-state index is -0.982. The second kappa shape index (κ2) is 5.41. The first-order valence-electron chi connectivity index (χ1n) is 4.76. The van der Waals surface area contributed by atoms with E-state index >= 15 is 0 Å². The van der Waals surface area contributed by atoms with Gasteiger partial charge in [-0.05, 0) is 39.5 Å². The van der Waals surface area contributed by atoms with E-state index in [1.54, 1.807) is 13.0 Å². The number of carbonyl (C=O) groups is 1. The molecule has 1 aromatic carbocycles. The first-order chi connectivity index (χ1) is 7.41. The molecule has 0 spiro atoms. The van der Waals surface area contributed by atoms with Crippen LogP contribution in [0.4, 0.5) is 4.39 Å². The van der Waals surface area contributed by atoms with Crippen LogP contribution in [0.1, 0.15) is 25.0 Å². The molecule has 0 fully saturated rings. The molecular formula is C11H12BrFO3. The molecule has 3 nitrogen and oxygen atoms in total. The van der Waals surface area contributed by atoms with Crippen LogP contribution in [0, 0.1) is 11.7 Å². The minimum absolute atomic E-state index is 0.154. The van der Waals surface area contributed by atoms with Crippen LogP contribution in [0.2, 0.25) is 0 Å². The van der Waals surface area contributed by atoms with E-state index in [2.05, 4.69) is 15.9 Å². The lowest BCUT2D eigenvalue weighted by molar-refractivity contribution is -0.139. The standard InChI is InChI=1S/C11H12BrFO3/c1-6(4-10(14)15)11(16)7-2-3-8(12)9(13)5-7/h2-3,5-6,11,16H,4H2,1H3,(H,14,15). The van der Waals surface area contributed by atoms with Gasteiger partial charge in [0.15, 0.2) is 0 Å². The van der Waals surface area contributed by atoms with Crippen molar-refractivity contribution in [3.8, 4) is 0 Å². The molecule has 5 heteroatoms. The van der Waals surface area contributed by atoms with E-state index in [-0.39, 0.29) is 6.42 Å². The van der Waals surface area contributed by atoms with Gasteiger partial charge in [0.1, 0.15) is 5.82 Å². The predicted molar refractivity (Wildman–Crippen MR) is 60.5 cm³/mol. The normalized spacial score (nSPS) is 14.5. The fourth-order valence-electron chi connectivity index (χ4n) is 1.41. The fraction of sp³-hybridized carbons (Fsp3) is 0.364. The lowest BCUT2D eigenvalue weighted by Crippen LogP contribution is -2.13. The van der Waals surface area contributed by atoms with Crippen molar-refractivity contribution in [2.75, 3.05) is 0 Å². The van der Waals surface area contributed by atoms with Crippen LogP contribution in [0.15, 0.2) is 22.7 Å². The number of hydrogen-bond donors (Lipinski definition) is 2. The Morgan fingerprint density at radius 3 is 2.69 bits per heavy atom. The molecule has 2 atom stereocenters. The third kappa shape index (κ3) is 3.28. The Morgan fingerprint density at radius 2 is 2.19 bits per heavy atom. The number of benzene rings is 1. The van der Waals surface area contributed by atoms with E-state index in [0.717, 1.165) is 0 Å². The van der Waals surface area contributed by atoms with Gasteiger partial charge in [-0.15, -0.1) is 0 Å². The molecule has 0 amide bonds. The van der Waals surface area contributed by atoms with Crippen LogP contribution < -0.4 is 0 Å². The summed E-state index contributed by atoms with van der Waals surface area (Å²) in [6, 6.07) is 4.25. The van der Waals surface area contributed by atoms with Crippen LogP contribution in [-0.4, -0.2) is 16.2 Å². The molecule has 16 heavy (non-hydrogen) atoms. The van der Waals surface area contributed by atoms with Crippen molar-refractivity contribution >= 4 is 21.9 Å². The smallest absolute Gasteiger partial charge is 0.303 e. The van der Waals surface area contributed by atoms with Crippen molar-refractivity contribution in [2.24, 2.45) is 5.92 Å². The van der Waals surface area contributed by atoms with Crippen molar-refractivity contribution in [3.63, 3.8) is 0 Å². The van der Waals surface area contributed by atoms with E-state index < -0.39 is 23.8 Å². The zero-order valence-corrected chi connectivity index (χ0v) is 10.2. The van der Waals surface area contributed by atoms with E-state index in [4.69, 9.17) is 5.11 Å². The number of aliphatic carboxylic acids is 1. The molecule has 2 N–H and O–H groups in total. The number of halogens is 2. The third-order valence-corrected chi connectivity index (χ3v) is 2.96. The quantitative estimate of drug-likeness (QED) is 0.896. The second-order valence-corrected chi connectivity index (χ2v) is 4.55. The Balaban J connectivity index is 2.83. The van der Waals surface area contributed by atoms with Crippen LogP contribution >= 0.6 is 15.9 Å². The Hall–Kier alpha value is -0.940. The van der Waals surface area contributed by atoms with E-state index in [9.17, 15) is 14.3 Å². The highest BCUT2D eigenvalue weighted by Gasteiger charge is 2.19. The third-order valence-electron chi connectivity index (χ3n) is 2.32. The van der Waals surface area contributed by atoms with Gasteiger partial charge in [-0.25, -0.2) is 4.39 Å². The summed E-state index contributed by atoms with van der Waals surface area (Å²) in [4.78, 5) is 10.5. The number of aliphatic hydroxyl groups is 1. The van der Waals surface area contributed by atoms with E-state index in [0.29, 0.717) is 10.0 Å². The molecule has 0 saturated heterocycles. The summed E-state index contributed by atoms with van der Waals surface area (Å²) in [5.41, 5.74) is 0.384. The Labute approximate surface area is 101 Å². The lowest BCUT2D eigenvalue weighted by Gasteiger charge is -2.17. The summed E-state index contributed by atoms with van der Waals surface area (Å²) >= 11 is 3.01. The van der Waals surface area contributed by atoms with Crippen LogP contribution in [0.5, 0.6) is 0 Å². The van der Waals surface area contributed by atoms with E-state index in [1.807, 2.05) is 0 Å². The number of carboxylic acids is 1. The van der Waals surface area contributed by atoms with Gasteiger partial charge >= 0.3 is 5.97 Å². The Morgan fingerprint density at radius 1 is 1.56 bits per heavy atom. The SMILES string of the molecule is CC(CC(=O)O)C(O)c1ccc(Br)c(F)c1. The number of aliphatic hydroxyl groups excluding tert-OH is 1. The van der Waals surface area contributed by atoms with Gasteiger partial charge in [0.25, 0.3) is 0 Å². The molecule has 0 aromatic heterocycles. The largest absolute Gasteiger partial charge is 0.481 e. The Kier molecular flexibility index (Phi) is 4.44. The maximum Gasteiger partial charge on any atom is 0.303 e. The maximum absolute atomic E-state index is 13.2. The number of hydrogen-bond acceptors (Lipinski definition) is 2. The molecule has 2 unspecified atom stereocenters. The lowest BCUT2D eigenvalue weighted by atomic mass is 9.95. The molecular weight excluding hydrogens is 279 g/mol. The van der Waals surface area contributed by atoms with Gasteiger partial charge in [-0.1, -0.05) is 13.0 Å². The van der Waals surface area contributed by atoms with Gasteiger partial charge in [0, 0.05) is 0 Å². The molecule has 0 heterocycles. The zero-order valence-electron chi connectivity index (χ0n) is 8.65. The van der Waals surface area contributed by atoms with Gasteiger partial charge in [-0.2, -0.15) is 0 Å². The highest BCUT2D eigenvalue weighted by atomic mass is 79.9. The van der Waals surface area contributed by atoms with Crippen molar-refractivity contribution in [1.82, 2.24) is 0 Å². The van der Waals surface area contributed by atoms with Crippen LogP contribution in [0.3, 0.4) is 0 Å². The number of carboxylic acid groups (broad SMARTS) is 1. The molecule has 0 saturated carbocycles. The van der Waals surface area contributed by atoms with Crippen molar-refractivity contribution in [2.45, 2.75) is 19.4 Å². The van der Waals surface area contributed by atoms with Gasteiger partial charge < -0.3 is 10.2 Å². The summed E-state index contributed by atoms with van der Waals surface area (Å²) in [5.74, 6) is -1.92. The fourth-order valence-corrected chi connectivity index (χ4v) is 1.66. The zero-order chi connectivity index (χ0) is 12.3. The molecule has 0 aliphatic rings. The monoisotopic (exact) mass is 290 g/mol. The average Bonchev–Trinajstić information content (AvgIpc) is 2.20. The second-order valence-electron chi connectivity index (χ2n) is 3.69. The summed E-state index contributed by atoms with van der Waals surface area (Å²) < 4.78 is 13.5. The average molecular weight is 291 g/mol. The first-order valence-corrected chi connectivity index (χ1v) is 5.56. The van der Waals surface area contributed by atoms with Gasteiger partial charge in [0.2, 0.25) is 0 Å². The molecule has 1 rings (SSSR count). The van der Waals surface area contributed by atoms with E-state index in [1.165, 1.54) is 12.1 Å². The van der Waals surface area contributed by atoms with Crippen molar-refractivity contribution in [3.05, 3.63) is 34.1 Å². The summed E-state index contributed by atoms with van der Waals surface area (Å²) in [7, 11) is 0. The minimum Gasteiger partial charge on any atom is -0.481 e. The molecule has 0 aliphatic heterocycles. The molecule has 88 valence electrons. The summed E-state index contributed by atoms with van der Waals surface area (Å²) in [6.07, 6.45) is -1.13. The van der Waals surface area contributed by atoms with Crippen LogP contribution in [0.25, 0.3) is 0 Å². The maximum atomic E-state index is 13.2. The Bertz CT molecular complexity index is 395. The van der Waals surface area contributed by atoms with Crippen molar-refractivity contribution in [1.29, 1.82) is 0 Å². The topological polar surface area (TPSA) is 57.5 Å². The highest BCUT2D eigenvalue weighted by molar-refractivity contribution is 9.10. The van der Waals surface area contributed by atoms with Gasteiger partial charge in [-0.3, -0.25) is 4.79 Å². The first kappa shape index (κ1) is 13.1. The highest BCUT2D eigenvalue weighted by Crippen LogP contribution is 2.27. The van der Waals surface area contributed by atoms with Crippen LogP contribution in [-0.2, 0) is 4.79 Å². The summed E-state index contributed by atoms with van der Waals surface area (Å²) in [5, 5.41) is 18.4. The molecule has 0 radical (unpaired) electrons. The number of rotatable bonds is 4. The van der Waals surface area contributed by atoms with Crippen molar-refractivity contribution < 1.29 is 19.4 Å². The summed E-state index contributed by atoms with van der Waals surface area (Å²) in [6.45, 7) is 1.61. The molecule has 0 aliphatic carbocycles. The molecule has 1 aromatic rings. The van der Waals surface area contributed by atoms with Gasteiger partial charge in [0.05, 0.1) is 17.0 Å². The predicted octanol–water partition coefficient (Wildman–Crippen LogP) is 2.73.